The molecule has 88 valence electrons. The summed E-state index contributed by atoms with van der Waals surface area (Å²) in [4.78, 5) is 12.8. The lowest BCUT2D eigenvalue weighted by molar-refractivity contribution is -0.131. The number of halogens is 1. The maximum atomic E-state index is 10.3. The van der Waals surface area contributed by atoms with Crippen LogP contribution in [0.4, 0.5) is 0 Å². The Morgan fingerprint density at radius 2 is 1.93 bits per heavy atom. The van der Waals surface area contributed by atoms with Crippen molar-refractivity contribution >= 4 is 18.4 Å². The third-order valence-corrected chi connectivity index (χ3v) is 2.82. The number of carbonyl (C=O) groups is 1. The van der Waals surface area contributed by atoms with E-state index in [1.54, 1.807) is 0 Å². The van der Waals surface area contributed by atoms with Crippen LogP contribution in [0.15, 0.2) is 12.2 Å². The Morgan fingerprint density at radius 3 is 2.33 bits per heavy atom. The summed E-state index contributed by atoms with van der Waals surface area (Å²) < 4.78 is 0. The number of carboxylic acids is 1. The van der Waals surface area contributed by atoms with Gasteiger partial charge in [0.15, 0.2) is 0 Å². The van der Waals surface area contributed by atoms with E-state index in [1.165, 1.54) is 6.08 Å². The molecule has 1 fully saturated rings. The summed E-state index contributed by atoms with van der Waals surface area (Å²) >= 11 is 0. The summed E-state index contributed by atoms with van der Waals surface area (Å²) in [5, 5.41) is 8.49. The van der Waals surface area contributed by atoms with E-state index in [0.717, 1.165) is 25.9 Å². The maximum absolute atomic E-state index is 10.3. The van der Waals surface area contributed by atoms with Gasteiger partial charge in [-0.1, -0.05) is 6.08 Å². The molecule has 1 N–H and O–H groups in total. The number of hydrogen-bond acceptors (Lipinski definition) is 2. The highest BCUT2D eigenvalue weighted by atomic mass is 35.5. The van der Waals surface area contributed by atoms with Gasteiger partial charge < -0.3 is 10.0 Å². The molecular weight excluding hydrogens is 214 g/mol. The third-order valence-electron chi connectivity index (χ3n) is 2.82. The Kier molecular flexibility index (Phi) is 6.61. The van der Waals surface area contributed by atoms with Crippen LogP contribution in [0.25, 0.3) is 0 Å². The number of rotatable bonds is 3. The molecule has 3 nitrogen and oxygen atoms in total. The van der Waals surface area contributed by atoms with Crippen molar-refractivity contribution in [3.05, 3.63) is 12.2 Å². The zero-order valence-electron chi connectivity index (χ0n) is 9.35. The van der Waals surface area contributed by atoms with Crippen molar-refractivity contribution in [3.8, 4) is 0 Å². The molecular formula is C11H20ClNO2. The van der Waals surface area contributed by atoms with Gasteiger partial charge in [0, 0.05) is 12.1 Å². The quantitative estimate of drug-likeness (QED) is 0.760. The van der Waals surface area contributed by atoms with Crippen LogP contribution in [0.3, 0.4) is 0 Å². The Hall–Kier alpha value is -0.540. The summed E-state index contributed by atoms with van der Waals surface area (Å²) in [6.07, 6.45) is 5.28. The van der Waals surface area contributed by atoms with Gasteiger partial charge in [-0.2, -0.15) is 0 Å². The fourth-order valence-electron chi connectivity index (χ4n) is 1.85. The van der Waals surface area contributed by atoms with Gasteiger partial charge in [-0.25, -0.2) is 4.79 Å². The van der Waals surface area contributed by atoms with Crippen LogP contribution in [0, 0.1) is 5.92 Å². The summed E-state index contributed by atoms with van der Waals surface area (Å²) in [6.45, 7) is 6.58. The van der Waals surface area contributed by atoms with Crippen molar-refractivity contribution in [1.82, 2.24) is 4.90 Å². The van der Waals surface area contributed by atoms with E-state index >= 15 is 0 Å². The average Bonchev–Trinajstić information content (AvgIpc) is 2.15. The lowest BCUT2D eigenvalue weighted by atomic mass is 9.95. The van der Waals surface area contributed by atoms with Crippen LogP contribution in [0.5, 0.6) is 0 Å². The molecule has 0 aromatic carbocycles. The molecule has 0 bridgehead atoms. The fourth-order valence-corrected chi connectivity index (χ4v) is 1.85. The summed E-state index contributed by atoms with van der Waals surface area (Å²) in [5.41, 5.74) is 0. The highest BCUT2D eigenvalue weighted by molar-refractivity contribution is 5.85. The molecule has 0 saturated carbocycles. The van der Waals surface area contributed by atoms with Gasteiger partial charge in [-0.05, 0) is 45.7 Å². The SMILES string of the molecule is CC(C)N1CCC(C=CC(=O)O)CC1.Cl. The topological polar surface area (TPSA) is 40.5 Å². The average molecular weight is 234 g/mol. The molecule has 0 aromatic rings. The first kappa shape index (κ1) is 14.5. The molecule has 1 heterocycles. The Morgan fingerprint density at radius 1 is 1.40 bits per heavy atom. The van der Waals surface area contributed by atoms with E-state index in [1.807, 2.05) is 6.08 Å². The summed E-state index contributed by atoms with van der Waals surface area (Å²) in [5.74, 6) is -0.377. The van der Waals surface area contributed by atoms with Crippen molar-refractivity contribution < 1.29 is 9.90 Å². The van der Waals surface area contributed by atoms with E-state index in [4.69, 9.17) is 5.11 Å². The highest BCUT2D eigenvalue weighted by Crippen LogP contribution is 2.19. The molecule has 0 unspecified atom stereocenters. The Labute approximate surface area is 97.6 Å². The van der Waals surface area contributed by atoms with Crippen molar-refractivity contribution in [3.63, 3.8) is 0 Å². The highest BCUT2D eigenvalue weighted by Gasteiger charge is 2.18. The fraction of sp³-hybridized carbons (Fsp3) is 0.727. The van der Waals surface area contributed by atoms with Crippen LogP contribution in [0.1, 0.15) is 26.7 Å². The van der Waals surface area contributed by atoms with E-state index in [0.29, 0.717) is 12.0 Å². The van der Waals surface area contributed by atoms with Gasteiger partial charge in [0.05, 0.1) is 0 Å². The number of likely N-dealkylation sites (tertiary alicyclic amines) is 1. The van der Waals surface area contributed by atoms with Crippen molar-refractivity contribution in [1.29, 1.82) is 0 Å². The molecule has 0 aromatic heterocycles. The number of nitrogens with zero attached hydrogens (tertiary/aromatic N) is 1. The van der Waals surface area contributed by atoms with Gasteiger partial charge in [-0.15, -0.1) is 12.4 Å². The molecule has 1 saturated heterocycles. The monoisotopic (exact) mass is 233 g/mol. The molecule has 1 aliphatic rings. The maximum Gasteiger partial charge on any atom is 0.327 e. The molecule has 0 amide bonds. The van der Waals surface area contributed by atoms with Crippen LogP contribution in [-0.4, -0.2) is 35.1 Å². The molecule has 0 atom stereocenters. The van der Waals surface area contributed by atoms with Gasteiger partial charge in [0.1, 0.15) is 0 Å². The largest absolute Gasteiger partial charge is 0.478 e. The van der Waals surface area contributed by atoms with Gasteiger partial charge in [-0.3, -0.25) is 0 Å². The number of hydrogen-bond donors (Lipinski definition) is 1. The first-order valence-corrected chi connectivity index (χ1v) is 5.24. The zero-order chi connectivity index (χ0) is 10.6. The van der Waals surface area contributed by atoms with Crippen molar-refractivity contribution in [2.45, 2.75) is 32.7 Å². The third kappa shape index (κ3) is 5.19. The molecule has 1 rings (SSSR count). The van der Waals surface area contributed by atoms with Crippen molar-refractivity contribution in [2.75, 3.05) is 13.1 Å². The minimum Gasteiger partial charge on any atom is -0.478 e. The van der Waals surface area contributed by atoms with Crippen LogP contribution in [0.2, 0.25) is 0 Å². The zero-order valence-corrected chi connectivity index (χ0v) is 10.2. The Bertz CT molecular complexity index is 221. The first-order chi connectivity index (χ1) is 6.59. The van der Waals surface area contributed by atoms with Crippen LogP contribution in [-0.2, 0) is 4.79 Å². The van der Waals surface area contributed by atoms with Gasteiger partial charge in [0.2, 0.25) is 0 Å². The minimum atomic E-state index is -0.837. The standard InChI is InChI=1S/C11H19NO2.ClH/c1-9(2)12-7-5-10(6-8-12)3-4-11(13)14;/h3-4,9-10H,5-8H2,1-2H3,(H,13,14);1H. The lowest BCUT2D eigenvalue weighted by Crippen LogP contribution is -2.38. The second kappa shape index (κ2) is 6.85. The van der Waals surface area contributed by atoms with Crippen molar-refractivity contribution in [2.24, 2.45) is 5.92 Å². The minimum absolute atomic E-state index is 0. The number of piperidine rings is 1. The second-order valence-corrected chi connectivity index (χ2v) is 4.16. The molecule has 1 aliphatic heterocycles. The first-order valence-electron chi connectivity index (χ1n) is 5.24. The molecule has 0 spiro atoms. The lowest BCUT2D eigenvalue weighted by Gasteiger charge is -2.33. The molecule has 0 aliphatic carbocycles. The molecule has 0 radical (unpaired) electrons. The smallest absolute Gasteiger partial charge is 0.327 e. The molecule has 4 heteroatoms. The van der Waals surface area contributed by atoms with E-state index in [2.05, 4.69) is 18.7 Å². The van der Waals surface area contributed by atoms with E-state index < -0.39 is 5.97 Å². The predicted molar refractivity (Wildman–Crippen MR) is 63.5 cm³/mol. The van der Waals surface area contributed by atoms with E-state index in [-0.39, 0.29) is 12.4 Å². The van der Waals surface area contributed by atoms with Crippen LogP contribution < -0.4 is 0 Å². The summed E-state index contributed by atoms with van der Waals surface area (Å²) in [7, 11) is 0. The van der Waals surface area contributed by atoms with Gasteiger partial charge in [0.25, 0.3) is 0 Å². The predicted octanol–water partition coefficient (Wildman–Crippen LogP) is 2.17. The number of carboxylic acid groups (broad SMARTS) is 1. The molecule has 15 heavy (non-hydrogen) atoms. The number of allylic oxidation sites excluding steroid dienone is 1. The number of aliphatic carboxylic acids is 1. The van der Waals surface area contributed by atoms with Crippen LogP contribution >= 0.6 is 12.4 Å². The normalized spacial score (nSPS) is 19.4. The Balaban J connectivity index is 0.00000196. The van der Waals surface area contributed by atoms with Gasteiger partial charge >= 0.3 is 5.97 Å². The van der Waals surface area contributed by atoms with E-state index in [9.17, 15) is 4.79 Å². The summed E-state index contributed by atoms with van der Waals surface area (Å²) in [6, 6.07) is 0.611. The second-order valence-electron chi connectivity index (χ2n) is 4.16.